The molecule has 2 N–H and O–H groups in total. The third-order valence-corrected chi connectivity index (χ3v) is 4.00. The van der Waals surface area contributed by atoms with E-state index in [1.165, 1.54) is 19.3 Å². The van der Waals surface area contributed by atoms with Gasteiger partial charge in [0.2, 0.25) is 0 Å². The van der Waals surface area contributed by atoms with E-state index in [1.807, 2.05) is 13.8 Å². The van der Waals surface area contributed by atoms with Crippen LogP contribution in [0.25, 0.3) is 0 Å². The zero-order chi connectivity index (χ0) is 15.9. The van der Waals surface area contributed by atoms with E-state index < -0.39 is 23.5 Å². The molecule has 5 nitrogen and oxygen atoms in total. The van der Waals surface area contributed by atoms with Crippen molar-refractivity contribution < 1.29 is 19.4 Å². The van der Waals surface area contributed by atoms with Gasteiger partial charge in [0.15, 0.2) is 0 Å². The van der Waals surface area contributed by atoms with Gasteiger partial charge in [0.1, 0.15) is 6.10 Å². The summed E-state index contributed by atoms with van der Waals surface area (Å²) in [4.78, 5) is 22.9. The minimum atomic E-state index is -0.849. The minimum absolute atomic E-state index is 0.00185. The number of hydrogen-bond donors (Lipinski definition) is 2. The molecule has 1 saturated carbocycles. The highest BCUT2D eigenvalue weighted by molar-refractivity contribution is 5.70. The molecule has 5 heteroatoms. The van der Waals surface area contributed by atoms with Gasteiger partial charge in [-0.05, 0) is 46.0 Å². The summed E-state index contributed by atoms with van der Waals surface area (Å²) in [6.07, 6.45) is 7.72. The Hall–Kier alpha value is -1.26. The van der Waals surface area contributed by atoms with E-state index in [2.05, 4.69) is 5.32 Å². The molecule has 1 amide bonds. The number of aliphatic carboxylic acids is 1. The summed E-state index contributed by atoms with van der Waals surface area (Å²) in [6.45, 7) is 5.30. The Bertz CT molecular complexity index is 346. The average Bonchev–Trinajstić information content (AvgIpc) is 2.30. The molecule has 0 radical (unpaired) electrons. The Kier molecular flexibility index (Phi) is 6.99. The third-order valence-electron chi connectivity index (χ3n) is 4.00. The second kappa shape index (κ2) is 8.25. The summed E-state index contributed by atoms with van der Waals surface area (Å²) in [5.41, 5.74) is -0.587. The molecule has 0 spiro atoms. The number of rotatable bonds is 5. The molecule has 0 aliphatic heterocycles. The Morgan fingerprint density at radius 2 is 1.71 bits per heavy atom. The van der Waals surface area contributed by atoms with Crippen LogP contribution in [0.15, 0.2) is 0 Å². The number of amides is 1. The maximum Gasteiger partial charge on any atom is 0.407 e. The fourth-order valence-corrected chi connectivity index (χ4v) is 2.90. The monoisotopic (exact) mass is 299 g/mol. The lowest BCUT2D eigenvalue weighted by Gasteiger charge is -2.29. The van der Waals surface area contributed by atoms with E-state index in [0.29, 0.717) is 6.42 Å². The lowest BCUT2D eigenvalue weighted by atomic mass is 9.92. The number of alkyl carbamates (subject to hydrolysis) is 1. The molecular weight excluding hydrogens is 270 g/mol. The summed E-state index contributed by atoms with van der Waals surface area (Å²) in [5.74, 6) is -1.35. The molecule has 0 aromatic carbocycles. The van der Waals surface area contributed by atoms with Gasteiger partial charge in [0, 0.05) is 5.54 Å². The van der Waals surface area contributed by atoms with Gasteiger partial charge in [0.05, 0.1) is 5.92 Å². The predicted octanol–water partition coefficient (Wildman–Crippen LogP) is 3.71. The molecule has 0 aromatic heterocycles. The predicted molar refractivity (Wildman–Crippen MR) is 81.2 cm³/mol. The number of carbonyl (C=O) groups excluding carboxylic acids is 1. The minimum Gasteiger partial charge on any atom is -0.481 e. The van der Waals surface area contributed by atoms with Gasteiger partial charge in [-0.3, -0.25) is 4.79 Å². The van der Waals surface area contributed by atoms with Crippen LogP contribution in [0.1, 0.15) is 72.1 Å². The fourth-order valence-electron chi connectivity index (χ4n) is 2.90. The Labute approximate surface area is 127 Å². The highest BCUT2D eigenvalue weighted by atomic mass is 16.6. The first-order valence-corrected chi connectivity index (χ1v) is 8.02. The number of carboxylic acid groups (broad SMARTS) is 1. The van der Waals surface area contributed by atoms with Crippen LogP contribution in [0.3, 0.4) is 0 Å². The molecular formula is C16H29NO4. The molecule has 1 atom stereocenters. The van der Waals surface area contributed by atoms with Gasteiger partial charge >= 0.3 is 12.1 Å². The molecule has 122 valence electrons. The van der Waals surface area contributed by atoms with Crippen LogP contribution in [0, 0.1) is 5.92 Å². The van der Waals surface area contributed by atoms with Crippen LogP contribution in [-0.4, -0.2) is 28.8 Å². The molecule has 1 aliphatic carbocycles. The number of ether oxygens (including phenoxy) is 1. The first-order chi connectivity index (χ1) is 9.80. The summed E-state index contributed by atoms with van der Waals surface area (Å²) in [6, 6.07) is 0. The van der Waals surface area contributed by atoms with Gasteiger partial charge in [-0.15, -0.1) is 0 Å². The Morgan fingerprint density at radius 1 is 1.19 bits per heavy atom. The molecule has 21 heavy (non-hydrogen) atoms. The number of carboxylic acids is 1. The van der Waals surface area contributed by atoms with Gasteiger partial charge in [-0.1, -0.05) is 26.2 Å². The zero-order valence-electron chi connectivity index (χ0n) is 13.5. The van der Waals surface area contributed by atoms with Crippen LogP contribution in [0.4, 0.5) is 4.79 Å². The summed E-state index contributed by atoms with van der Waals surface area (Å²) in [5, 5.41) is 11.8. The van der Waals surface area contributed by atoms with Crippen molar-refractivity contribution in [2.45, 2.75) is 83.8 Å². The maximum absolute atomic E-state index is 12.0. The van der Waals surface area contributed by atoms with E-state index in [1.54, 1.807) is 6.92 Å². The first-order valence-electron chi connectivity index (χ1n) is 8.02. The molecule has 1 aliphatic rings. The number of nitrogens with one attached hydrogen (secondary N) is 1. The second-order valence-corrected chi connectivity index (χ2v) is 6.82. The van der Waals surface area contributed by atoms with Crippen LogP contribution >= 0.6 is 0 Å². The number of carbonyl (C=O) groups is 2. The van der Waals surface area contributed by atoms with Crippen LogP contribution < -0.4 is 5.32 Å². The van der Waals surface area contributed by atoms with Crippen molar-refractivity contribution in [3.05, 3.63) is 0 Å². The van der Waals surface area contributed by atoms with Gasteiger partial charge < -0.3 is 15.2 Å². The van der Waals surface area contributed by atoms with Crippen molar-refractivity contribution in [1.82, 2.24) is 5.32 Å². The van der Waals surface area contributed by atoms with Crippen LogP contribution in [0.2, 0.25) is 0 Å². The van der Waals surface area contributed by atoms with Crippen molar-refractivity contribution in [3.63, 3.8) is 0 Å². The first kappa shape index (κ1) is 17.8. The smallest absolute Gasteiger partial charge is 0.407 e. The molecule has 0 saturated heterocycles. The van der Waals surface area contributed by atoms with E-state index >= 15 is 0 Å². The fraction of sp³-hybridized carbons (Fsp3) is 0.875. The average molecular weight is 299 g/mol. The molecule has 0 bridgehead atoms. The van der Waals surface area contributed by atoms with E-state index in [-0.39, 0.29) is 6.10 Å². The Morgan fingerprint density at radius 3 is 2.24 bits per heavy atom. The van der Waals surface area contributed by atoms with Crippen molar-refractivity contribution >= 4 is 12.1 Å². The van der Waals surface area contributed by atoms with Gasteiger partial charge in [-0.25, -0.2) is 4.79 Å². The molecule has 0 aromatic rings. The molecule has 1 unspecified atom stereocenters. The van der Waals surface area contributed by atoms with Crippen LogP contribution in [0.5, 0.6) is 0 Å². The van der Waals surface area contributed by atoms with Gasteiger partial charge in [0.25, 0.3) is 0 Å². The number of hydrogen-bond acceptors (Lipinski definition) is 3. The Balaban J connectivity index is 2.41. The van der Waals surface area contributed by atoms with Crippen molar-refractivity contribution in [2.75, 3.05) is 0 Å². The summed E-state index contributed by atoms with van der Waals surface area (Å²) >= 11 is 0. The zero-order valence-corrected chi connectivity index (χ0v) is 13.5. The molecule has 0 heterocycles. The molecule has 1 fully saturated rings. The van der Waals surface area contributed by atoms with Crippen molar-refractivity contribution in [3.8, 4) is 0 Å². The van der Waals surface area contributed by atoms with Crippen molar-refractivity contribution in [1.29, 1.82) is 0 Å². The SMILES string of the molecule is CC(CC(C)(C)NC(=O)OC1CCCCCCC1)C(=O)O. The lowest BCUT2D eigenvalue weighted by Crippen LogP contribution is -2.46. The topological polar surface area (TPSA) is 75.6 Å². The maximum atomic E-state index is 12.0. The van der Waals surface area contributed by atoms with E-state index in [0.717, 1.165) is 25.7 Å². The highest BCUT2D eigenvalue weighted by Crippen LogP contribution is 2.21. The van der Waals surface area contributed by atoms with E-state index in [4.69, 9.17) is 9.84 Å². The van der Waals surface area contributed by atoms with Crippen LogP contribution in [-0.2, 0) is 9.53 Å². The van der Waals surface area contributed by atoms with E-state index in [9.17, 15) is 9.59 Å². The summed E-state index contributed by atoms with van der Waals surface area (Å²) < 4.78 is 5.51. The second-order valence-electron chi connectivity index (χ2n) is 6.82. The lowest BCUT2D eigenvalue weighted by molar-refractivity contribution is -0.141. The highest BCUT2D eigenvalue weighted by Gasteiger charge is 2.28. The largest absolute Gasteiger partial charge is 0.481 e. The van der Waals surface area contributed by atoms with Gasteiger partial charge in [-0.2, -0.15) is 0 Å². The van der Waals surface area contributed by atoms with Crippen molar-refractivity contribution in [2.24, 2.45) is 5.92 Å². The summed E-state index contributed by atoms with van der Waals surface area (Å²) in [7, 11) is 0. The normalized spacial score (nSPS) is 19.2. The quantitative estimate of drug-likeness (QED) is 0.811. The third kappa shape index (κ3) is 7.34. The standard InChI is InChI=1S/C16H29NO4/c1-12(14(18)19)11-16(2,3)17-15(20)21-13-9-7-5-4-6-8-10-13/h12-13H,4-11H2,1-3H3,(H,17,20)(H,18,19). The molecule has 1 rings (SSSR count).